The van der Waals surface area contributed by atoms with E-state index in [1.165, 1.54) is 0 Å². The molecular weight excluding hydrogens is 234 g/mol. The molecule has 0 atom stereocenters. The first-order valence-electron chi connectivity index (χ1n) is 4.81. The summed E-state index contributed by atoms with van der Waals surface area (Å²) < 4.78 is 38.9. The lowest BCUT2D eigenvalue weighted by Gasteiger charge is -2.08. The van der Waals surface area contributed by atoms with E-state index in [-0.39, 0.29) is 0 Å². The van der Waals surface area contributed by atoms with E-state index in [2.05, 4.69) is 43.3 Å². The molecule has 0 heterocycles. The van der Waals surface area contributed by atoms with E-state index in [4.69, 9.17) is 0 Å². The quantitative estimate of drug-likeness (QED) is 0.722. The van der Waals surface area contributed by atoms with Gasteiger partial charge in [-0.25, -0.2) is 0 Å². The number of alkyl halides is 2. The van der Waals surface area contributed by atoms with E-state index in [1.54, 1.807) is 14.2 Å². The predicted molar refractivity (Wildman–Crippen MR) is 60.7 cm³/mol. The highest BCUT2D eigenvalue weighted by atomic mass is 19.3. The van der Waals surface area contributed by atoms with Gasteiger partial charge in [0, 0.05) is 28.4 Å². The molecule has 0 amide bonds. The average molecular weight is 254 g/mol. The number of hydrogen-bond acceptors (Lipinski definition) is 4. The SMILES string of the molecule is C1=CCC=C1.COC(F)(F)OC.COCOC. The van der Waals surface area contributed by atoms with E-state index in [9.17, 15) is 8.78 Å². The van der Waals surface area contributed by atoms with E-state index in [0.717, 1.165) is 20.6 Å². The van der Waals surface area contributed by atoms with Gasteiger partial charge in [0.2, 0.25) is 0 Å². The fraction of sp³-hybridized carbons (Fsp3) is 0.636. The molecule has 1 rings (SSSR count). The van der Waals surface area contributed by atoms with Gasteiger partial charge in [-0.3, -0.25) is 9.47 Å². The van der Waals surface area contributed by atoms with Crippen LogP contribution in [0.2, 0.25) is 0 Å². The molecule has 6 heteroatoms. The van der Waals surface area contributed by atoms with Crippen LogP contribution in [-0.2, 0) is 18.9 Å². The minimum absolute atomic E-state index is 0.389. The van der Waals surface area contributed by atoms with Crippen molar-refractivity contribution in [2.45, 2.75) is 12.7 Å². The van der Waals surface area contributed by atoms with E-state index >= 15 is 0 Å². The summed E-state index contributed by atoms with van der Waals surface area (Å²) in [7, 11) is 4.90. The summed E-state index contributed by atoms with van der Waals surface area (Å²) >= 11 is 0. The van der Waals surface area contributed by atoms with E-state index in [0.29, 0.717) is 6.79 Å². The second-order valence-corrected chi connectivity index (χ2v) is 2.66. The molecule has 0 saturated heterocycles. The summed E-state index contributed by atoms with van der Waals surface area (Å²) in [4.78, 5) is 0. The summed E-state index contributed by atoms with van der Waals surface area (Å²) in [6.45, 7) is 0.389. The molecule has 0 saturated carbocycles. The smallest absolute Gasteiger partial charge is 0.359 e. The Kier molecular flexibility index (Phi) is 14.4. The Bertz CT molecular complexity index is 188. The molecule has 1 aliphatic rings. The van der Waals surface area contributed by atoms with Crippen LogP contribution in [-0.4, -0.2) is 41.5 Å². The van der Waals surface area contributed by atoms with Gasteiger partial charge in [-0.15, -0.1) is 8.78 Å². The Labute approximate surface area is 101 Å². The van der Waals surface area contributed by atoms with Gasteiger partial charge in [-0.2, -0.15) is 0 Å². The zero-order valence-corrected chi connectivity index (χ0v) is 10.6. The van der Waals surface area contributed by atoms with Crippen LogP contribution in [0.3, 0.4) is 0 Å². The van der Waals surface area contributed by atoms with Crippen molar-refractivity contribution in [3.05, 3.63) is 24.3 Å². The zero-order chi connectivity index (χ0) is 13.6. The summed E-state index contributed by atoms with van der Waals surface area (Å²) in [6.07, 6.45) is 6.08. The highest BCUT2D eigenvalue weighted by Crippen LogP contribution is 2.12. The van der Waals surface area contributed by atoms with Crippen molar-refractivity contribution in [3.63, 3.8) is 0 Å². The highest BCUT2D eigenvalue weighted by Gasteiger charge is 2.26. The average Bonchev–Trinajstić information content (AvgIpc) is 2.90. The molecule has 0 spiro atoms. The van der Waals surface area contributed by atoms with E-state index < -0.39 is 6.29 Å². The Balaban J connectivity index is 0. The summed E-state index contributed by atoms with van der Waals surface area (Å²) in [5.74, 6) is 0. The van der Waals surface area contributed by atoms with Crippen molar-refractivity contribution >= 4 is 0 Å². The number of allylic oxidation sites excluding steroid dienone is 4. The number of methoxy groups -OCH3 is 4. The molecule has 0 unspecified atom stereocenters. The van der Waals surface area contributed by atoms with Crippen molar-refractivity contribution in [3.8, 4) is 0 Å². The summed E-state index contributed by atoms with van der Waals surface area (Å²) in [5, 5.41) is 0. The van der Waals surface area contributed by atoms with Crippen molar-refractivity contribution in [1.82, 2.24) is 0 Å². The van der Waals surface area contributed by atoms with Crippen LogP contribution in [0.5, 0.6) is 0 Å². The Morgan fingerprint density at radius 1 is 0.941 bits per heavy atom. The second kappa shape index (κ2) is 13.2. The third kappa shape index (κ3) is 17.8. The van der Waals surface area contributed by atoms with Crippen LogP contribution in [0.15, 0.2) is 24.3 Å². The third-order valence-corrected chi connectivity index (χ3v) is 1.37. The van der Waals surface area contributed by atoms with Gasteiger partial charge in [0.15, 0.2) is 0 Å². The maximum atomic E-state index is 11.4. The van der Waals surface area contributed by atoms with Crippen LogP contribution >= 0.6 is 0 Å². The molecule has 0 fully saturated rings. The van der Waals surface area contributed by atoms with Crippen molar-refractivity contribution in [2.24, 2.45) is 0 Å². The van der Waals surface area contributed by atoms with E-state index in [1.807, 2.05) is 0 Å². The van der Waals surface area contributed by atoms with Gasteiger partial charge in [0.1, 0.15) is 6.79 Å². The fourth-order valence-electron chi connectivity index (χ4n) is 0.594. The highest BCUT2D eigenvalue weighted by molar-refractivity contribution is 5.11. The Hall–Kier alpha value is -0.820. The van der Waals surface area contributed by atoms with Crippen LogP contribution < -0.4 is 0 Å². The number of hydrogen-bond donors (Lipinski definition) is 0. The molecule has 0 bridgehead atoms. The molecule has 17 heavy (non-hydrogen) atoms. The van der Waals surface area contributed by atoms with Gasteiger partial charge in [0.05, 0.1) is 0 Å². The van der Waals surface area contributed by atoms with Gasteiger partial charge < -0.3 is 9.47 Å². The lowest BCUT2D eigenvalue weighted by molar-refractivity contribution is -0.372. The predicted octanol–water partition coefficient (Wildman–Crippen LogP) is 2.57. The van der Waals surface area contributed by atoms with Crippen LogP contribution in [0.1, 0.15) is 6.42 Å². The Morgan fingerprint density at radius 2 is 1.35 bits per heavy atom. The molecule has 102 valence electrons. The lowest BCUT2D eigenvalue weighted by Crippen LogP contribution is -2.20. The van der Waals surface area contributed by atoms with Crippen molar-refractivity contribution in [1.29, 1.82) is 0 Å². The lowest BCUT2D eigenvalue weighted by atomic mass is 10.5. The largest absolute Gasteiger partial charge is 0.484 e. The van der Waals surface area contributed by atoms with Crippen molar-refractivity contribution < 1.29 is 27.7 Å². The zero-order valence-electron chi connectivity index (χ0n) is 10.6. The molecule has 0 aromatic rings. The minimum Gasteiger partial charge on any atom is -0.359 e. The molecule has 0 N–H and O–H groups in total. The Morgan fingerprint density at radius 3 is 1.41 bits per heavy atom. The van der Waals surface area contributed by atoms with Crippen LogP contribution in [0.25, 0.3) is 0 Å². The molecular formula is C11H20F2O4. The van der Waals surface area contributed by atoms with Crippen LogP contribution in [0.4, 0.5) is 8.78 Å². The topological polar surface area (TPSA) is 36.9 Å². The normalized spacial score (nSPS) is 12.6. The molecule has 0 aliphatic heterocycles. The van der Waals surface area contributed by atoms with Gasteiger partial charge in [0.25, 0.3) is 0 Å². The van der Waals surface area contributed by atoms with Gasteiger partial charge >= 0.3 is 6.29 Å². The monoisotopic (exact) mass is 254 g/mol. The van der Waals surface area contributed by atoms with Gasteiger partial charge in [-0.05, 0) is 6.42 Å². The summed E-state index contributed by atoms with van der Waals surface area (Å²) in [6, 6.07) is 0. The van der Waals surface area contributed by atoms with Gasteiger partial charge in [-0.1, -0.05) is 24.3 Å². The molecule has 0 aromatic heterocycles. The molecule has 1 aliphatic carbocycles. The maximum Gasteiger partial charge on any atom is 0.484 e. The first-order chi connectivity index (χ1) is 8.04. The number of halogens is 2. The summed E-state index contributed by atoms with van der Waals surface area (Å²) in [5.41, 5.74) is 0. The standard InChI is InChI=1S/C5H6.C3H6F2O2.C3H8O2/c1-2-4-5-3-1;1-6-3(4,5)7-2;1-4-3-5-2/h1-4H,5H2;1-2H3;3H2,1-2H3. The fourth-order valence-corrected chi connectivity index (χ4v) is 0.594. The molecule has 0 radical (unpaired) electrons. The molecule has 4 nitrogen and oxygen atoms in total. The first kappa shape index (κ1) is 18.5. The first-order valence-corrected chi connectivity index (χ1v) is 4.81. The number of rotatable bonds is 4. The van der Waals surface area contributed by atoms with Crippen molar-refractivity contribution in [2.75, 3.05) is 35.2 Å². The second-order valence-electron chi connectivity index (χ2n) is 2.66. The maximum absolute atomic E-state index is 11.4. The number of ether oxygens (including phenoxy) is 4. The molecule has 0 aromatic carbocycles. The minimum atomic E-state index is -3.42. The third-order valence-electron chi connectivity index (χ3n) is 1.37. The van der Waals surface area contributed by atoms with Crippen LogP contribution in [0, 0.1) is 0 Å².